The zero-order valence-electron chi connectivity index (χ0n) is 16.0. The SMILES string of the molecule is CCCCCCCCCCCCCCCCCC=O.[Ba+2].[H-].[H-]. The average molecular weight is 408 g/mol. The van der Waals surface area contributed by atoms with Gasteiger partial charge in [-0.3, -0.25) is 0 Å². The molecule has 0 aliphatic rings. The van der Waals surface area contributed by atoms with Crippen molar-refractivity contribution in [2.24, 2.45) is 0 Å². The summed E-state index contributed by atoms with van der Waals surface area (Å²) in [5.74, 6) is 0. The quantitative estimate of drug-likeness (QED) is 0.167. The smallest absolute Gasteiger partial charge is 1.00 e. The van der Waals surface area contributed by atoms with Crippen molar-refractivity contribution in [2.45, 2.75) is 110 Å². The van der Waals surface area contributed by atoms with Crippen LogP contribution in [-0.4, -0.2) is 55.2 Å². The molecule has 0 saturated carbocycles. The molecule has 0 spiro atoms. The molecule has 0 bridgehead atoms. The zero-order chi connectivity index (χ0) is 14.0. The Labute approximate surface area is 171 Å². The third kappa shape index (κ3) is 21.5. The summed E-state index contributed by atoms with van der Waals surface area (Å²) >= 11 is 0. The third-order valence-corrected chi connectivity index (χ3v) is 3.93. The van der Waals surface area contributed by atoms with Crippen LogP contribution in [0.15, 0.2) is 0 Å². The molecule has 0 heterocycles. The minimum Gasteiger partial charge on any atom is -1.00 e. The van der Waals surface area contributed by atoms with Crippen LogP contribution in [0.5, 0.6) is 0 Å². The maximum Gasteiger partial charge on any atom is 2.00 e. The van der Waals surface area contributed by atoms with E-state index in [0.717, 1.165) is 19.1 Å². The minimum absolute atomic E-state index is 0. The second kappa shape index (κ2) is 22.5. The first-order valence-electron chi connectivity index (χ1n) is 8.85. The first-order chi connectivity index (χ1) is 9.41. The van der Waals surface area contributed by atoms with Gasteiger partial charge in [0.25, 0.3) is 0 Å². The van der Waals surface area contributed by atoms with Crippen LogP contribution in [0.3, 0.4) is 0 Å². The number of hydrogen-bond donors (Lipinski definition) is 0. The molecule has 0 aliphatic heterocycles. The van der Waals surface area contributed by atoms with Crippen LogP contribution < -0.4 is 0 Å². The van der Waals surface area contributed by atoms with Gasteiger partial charge >= 0.3 is 48.9 Å². The van der Waals surface area contributed by atoms with Crippen molar-refractivity contribution in [3.8, 4) is 0 Å². The molecule has 2 heteroatoms. The van der Waals surface area contributed by atoms with E-state index in [1.165, 1.54) is 89.9 Å². The van der Waals surface area contributed by atoms with Crippen molar-refractivity contribution in [3.05, 3.63) is 0 Å². The Bertz CT molecular complexity index is 180. The molecule has 1 nitrogen and oxygen atoms in total. The molecule has 20 heavy (non-hydrogen) atoms. The summed E-state index contributed by atoms with van der Waals surface area (Å²) in [6.45, 7) is 2.28. The van der Waals surface area contributed by atoms with Gasteiger partial charge in [0.15, 0.2) is 0 Å². The molecule has 0 aromatic carbocycles. The normalized spacial score (nSPS) is 10.2. The number of hydrogen-bond acceptors (Lipinski definition) is 1. The average Bonchev–Trinajstić information content (AvgIpc) is 2.43. The van der Waals surface area contributed by atoms with E-state index < -0.39 is 0 Å². The van der Waals surface area contributed by atoms with Gasteiger partial charge in [-0.25, -0.2) is 0 Å². The molecule has 0 atom stereocenters. The second-order valence-corrected chi connectivity index (χ2v) is 5.91. The Morgan fingerprint density at radius 1 is 0.600 bits per heavy atom. The van der Waals surface area contributed by atoms with Crippen LogP contribution in [0, 0.1) is 0 Å². The summed E-state index contributed by atoms with van der Waals surface area (Å²) in [6, 6.07) is 0. The molecular formula is C18H38BaO. The van der Waals surface area contributed by atoms with Crippen LogP contribution >= 0.6 is 0 Å². The van der Waals surface area contributed by atoms with Gasteiger partial charge in [-0.2, -0.15) is 0 Å². The summed E-state index contributed by atoms with van der Waals surface area (Å²) in [6.07, 6.45) is 22.6. The molecule has 0 aromatic rings. The van der Waals surface area contributed by atoms with E-state index >= 15 is 0 Å². The van der Waals surface area contributed by atoms with Crippen LogP contribution in [-0.2, 0) is 4.79 Å². The number of aldehydes is 1. The maximum absolute atomic E-state index is 10.1. The number of unbranched alkanes of at least 4 members (excludes halogenated alkanes) is 15. The van der Waals surface area contributed by atoms with Gasteiger partial charge in [0.2, 0.25) is 0 Å². The van der Waals surface area contributed by atoms with Gasteiger partial charge in [-0.05, 0) is 6.42 Å². The van der Waals surface area contributed by atoms with Crippen LogP contribution in [0.4, 0.5) is 0 Å². The minimum atomic E-state index is 0. The Morgan fingerprint density at radius 3 is 1.20 bits per heavy atom. The Kier molecular flexibility index (Phi) is 26.5. The third-order valence-electron chi connectivity index (χ3n) is 3.93. The van der Waals surface area contributed by atoms with Crippen molar-refractivity contribution in [1.29, 1.82) is 0 Å². The van der Waals surface area contributed by atoms with Crippen LogP contribution in [0.25, 0.3) is 0 Å². The van der Waals surface area contributed by atoms with Crippen molar-refractivity contribution in [1.82, 2.24) is 0 Å². The monoisotopic (exact) mass is 408 g/mol. The molecule has 0 radical (unpaired) electrons. The molecule has 0 aliphatic carbocycles. The fourth-order valence-electron chi connectivity index (χ4n) is 2.60. The molecule has 0 saturated heterocycles. The van der Waals surface area contributed by atoms with E-state index in [0.29, 0.717) is 0 Å². The van der Waals surface area contributed by atoms with Gasteiger partial charge in [-0.1, -0.05) is 96.8 Å². The Morgan fingerprint density at radius 2 is 0.900 bits per heavy atom. The fourth-order valence-corrected chi connectivity index (χ4v) is 2.60. The number of rotatable bonds is 16. The molecule has 0 amide bonds. The summed E-state index contributed by atoms with van der Waals surface area (Å²) in [5.41, 5.74) is 0. The summed E-state index contributed by atoms with van der Waals surface area (Å²) < 4.78 is 0. The first-order valence-corrected chi connectivity index (χ1v) is 8.85. The molecule has 0 fully saturated rings. The van der Waals surface area contributed by atoms with Crippen molar-refractivity contribution in [3.63, 3.8) is 0 Å². The first kappa shape index (κ1) is 23.5. The fraction of sp³-hybridized carbons (Fsp3) is 0.944. The number of carbonyl (C=O) groups is 1. The summed E-state index contributed by atoms with van der Waals surface area (Å²) in [5, 5.41) is 0. The van der Waals surface area contributed by atoms with E-state index in [9.17, 15) is 4.79 Å². The molecule has 118 valence electrons. The van der Waals surface area contributed by atoms with E-state index in [2.05, 4.69) is 6.92 Å². The van der Waals surface area contributed by atoms with Crippen LogP contribution in [0.1, 0.15) is 113 Å². The van der Waals surface area contributed by atoms with Crippen molar-refractivity contribution >= 4 is 55.2 Å². The van der Waals surface area contributed by atoms with E-state index in [1.54, 1.807) is 0 Å². The predicted molar refractivity (Wildman–Crippen MR) is 93.6 cm³/mol. The molecule has 0 aromatic heterocycles. The Balaban J connectivity index is -0.000000540. The van der Waals surface area contributed by atoms with E-state index in [1.807, 2.05) is 0 Å². The standard InChI is InChI=1S/C18H36O.Ba.2H/c1-2-3-4-5-6-7-8-9-10-11-12-13-14-15-16-17-18-19;;;/h18H,2-17H2,1H3;;;/q;+2;2*-1. The van der Waals surface area contributed by atoms with Crippen molar-refractivity contribution in [2.75, 3.05) is 0 Å². The summed E-state index contributed by atoms with van der Waals surface area (Å²) in [7, 11) is 0. The van der Waals surface area contributed by atoms with Gasteiger partial charge in [-0.15, -0.1) is 0 Å². The Hall–Kier alpha value is 1.24. The van der Waals surface area contributed by atoms with Gasteiger partial charge in [0.05, 0.1) is 0 Å². The second-order valence-electron chi connectivity index (χ2n) is 5.91. The predicted octanol–water partition coefficient (Wildman–Crippen LogP) is 6.29. The topological polar surface area (TPSA) is 17.1 Å². The van der Waals surface area contributed by atoms with E-state index in [-0.39, 0.29) is 51.7 Å². The zero-order valence-corrected chi connectivity index (χ0v) is 18.4. The molecular weight excluding hydrogens is 370 g/mol. The molecule has 0 N–H and O–H groups in total. The summed E-state index contributed by atoms with van der Waals surface area (Å²) in [4.78, 5) is 10.1. The number of carbonyl (C=O) groups excluding carboxylic acids is 1. The van der Waals surface area contributed by atoms with Gasteiger partial charge in [0.1, 0.15) is 6.29 Å². The largest absolute Gasteiger partial charge is 2.00 e. The molecule has 0 unspecified atom stereocenters. The van der Waals surface area contributed by atoms with Gasteiger partial charge in [0, 0.05) is 6.42 Å². The maximum atomic E-state index is 10.1. The molecule has 0 rings (SSSR count). The van der Waals surface area contributed by atoms with Crippen molar-refractivity contribution < 1.29 is 7.65 Å². The van der Waals surface area contributed by atoms with Crippen LogP contribution in [0.2, 0.25) is 0 Å². The van der Waals surface area contributed by atoms with Gasteiger partial charge < -0.3 is 7.65 Å². The van der Waals surface area contributed by atoms with E-state index in [4.69, 9.17) is 0 Å².